The number of benzene rings is 2. The number of Topliss-reactive ketones (excluding diaryl/α,β-unsaturated/α-hetero) is 1. The van der Waals surface area contributed by atoms with E-state index in [-0.39, 0.29) is 17.9 Å². The summed E-state index contributed by atoms with van der Waals surface area (Å²) in [4.78, 5) is 18.0. The van der Waals surface area contributed by atoms with Gasteiger partial charge in [-0.3, -0.25) is 9.69 Å². The Kier molecular flexibility index (Phi) is 5.34. The van der Waals surface area contributed by atoms with Crippen LogP contribution in [0.5, 0.6) is 0 Å². The Morgan fingerprint density at radius 1 is 1.14 bits per heavy atom. The highest BCUT2D eigenvalue weighted by Crippen LogP contribution is 2.46. The van der Waals surface area contributed by atoms with Crippen LogP contribution in [0.15, 0.2) is 76.2 Å². The number of rotatable bonds is 4. The van der Waals surface area contributed by atoms with Gasteiger partial charge in [-0.2, -0.15) is 5.26 Å². The number of carbonyl (C=O) groups is 1. The predicted octanol–water partition coefficient (Wildman–Crippen LogP) is 4.32. The molecule has 140 valence electrons. The van der Waals surface area contributed by atoms with Crippen molar-refractivity contribution in [2.24, 2.45) is 0 Å². The van der Waals surface area contributed by atoms with Gasteiger partial charge in [0, 0.05) is 25.0 Å². The summed E-state index contributed by atoms with van der Waals surface area (Å²) in [6.07, 6.45) is 3.10. The highest BCUT2D eigenvalue weighted by atomic mass is 32.2. The fourth-order valence-electron chi connectivity index (χ4n) is 3.60. The van der Waals surface area contributed by atoms with E-state index >= 15 is 0 Å². The molecule has 0 aliphatic carbocycles. The molecule has 0 aromatic heterocycles. The minimum absolute atomic E-state index is 0.110. The molecular weight excluding hydrogens is 366 g/mol. The lowest BCUT2D eigenvalue weighted by Crippen LogP contribution is -2.34. The smallest absolute Gasteiger partial charge is 0.190 e. The molecule has 0 spiro atoms. The maximum absolute atomic E-state index is 12.9. The van der Waals surface area contributed by atoms with Gasteiger partial charge >= 0.3 is 0 Å². The molecule has 0 saturated heterocycles. The van der Waals surface area contributed by atoms with Crippen molar-refractivity contribution in [3.05, 3.63) is 76.8 Å². The van der Waals surface area contributed by atoms with E-state index in [9.17, 15) is 10.1 Å². The van der Waals surface area contributed by atoms with Gasteiger partial charge in [-0.1, -0.05) is 60.3 Å². The lowest BCUT2D eigenvalue weighted by Gasteiger charge is -2.26. The van der Waals surface area contributed by atoms with Crippen molar-refractivity contribution in [2.75, 3.05) is 31.6 Å². The number of hydrogen-bond acceptors (Lipinski definition) is 5. The van der Waals surface area contributed by atoms with Crippen LogP contribution in [0.1, 0.15) is 12.0 Å². The number of nitrogens with zero attached hydrogens (tertiary/aromatic N) is 3. The average molecular weight is 388 g/mol. The van der Waals surface area contributed by atoms with Crippen molar-refractivity contribution in [3.63, 3.8) is 0 Å². The van der Waals surface area contributed by atoms with Gasteiger partial charge in [-0.15, -0.1) is 0 Å². The third kappa shape index (κ3) is 3.62. The van der Waals surface area contributed by atoms with Crippen molar-refractivity contribution >= 4 is 28.8 Å². The van der Waals surface area contributed by atoms with E-state index in [0.717, 1.165) is 35.1 Å². The SMILES string of the molecule is CN1/C(=C(\C#N)C(=O)CN2CC=C(c3ccccc3)CC2)Sc2ccccc21. The van der Waals surface area contributed by atoms with Gasteiger partial charge in [0.2, 0.25) is 0 Å². The van der Waals surface area contributed by atoms with Crippen LogP contribution in [0.25, 0.3) is 5.57 Å². The van der Waals surface area contributed by atoms with Crippen LogP contribution in [0, 0.1) is 11.3 Å². The third-order valence-electron chi connectivity index (χ3n) is 5.15. The van der Waals surface area contributed by atoms with E-state index in [0.29, 0.717) is 0 Å². The lowest BCUT2D eigenvalue weighted by molar-refractivity contribution is -0.116. The summed E-state index contributed by atoms with van der Waals surface area (Å²) < 4.78 is 0. The molecule has 2 heterocycles. The summed E-state index contributed by atoms with van der Waals surface area (Å²) in [6.45, 7) is 1.83. The van der Waals surface area contributed by atoms with Gasteiger partial charge in [0.05, 0.1) is 12.2 Å². The number of ketones is 1. The second-order valence-corrected chi connectivity index (χ2v) is 7.96. The van der Waals surface area contributed by atoms with Gasteiger partial charge in [-0.05, 0) is 29.7 Å². The zero-order valence-electron chi connectivity index (χ0n) is 15.8. The van der Waals surface area contributed by atoms with Crippen LogP contribution >= 0.6 is 11.8 Å². The third-order valence-corrected chi connectivity index (χ3v) is 6.38. The zero-order valence-corrected chi connectivity index (χ0v) is 16.6. The molecule has 0 saturated carbocycles. The quantitative estimate of drug-likeness (QED) is 0.577. The molecule has 0 unspecified atom stereocenters. The minimum atomic E-state index is -0.110. The Labute approximate surface area is 169 Å². The van der Waals surface area contributed by atoms with Crippen molar-refractivity contribution in [1.82, 2.24) is 4.90 Å². The highest BCUT2D eigenvalue weighted by Gasteiger charge is 2.28. The van der Waals surface area contributed by atoms with Crippen molar-refractivity contribution in [1.29, 1.82) is 5.26 Å². The maximum Gasteiger partial charge on any atom is 0.190 e. The molecule has 2 aliphatic rings. The monoisotopic (exact) mass is 387 g/mol. The number of nitriles is 1. The van der Waals surface area contributed by atoms with Gasteiger partial charge in [0.15, 0.2) is 5.78 Å². The topological polar surface area (TPSA) is 47.3 Å². The Morgan fingerprint density at radius 2 is 1.89 bits per heavy atom. The summed E-state index contributed by atoms with van der Waals surface area (Å²) in [5.74, 6) is -0.110. The number of para-hydroxylation sites is 1. The summed E-state index contributed by atoms with van der Waals surface area (Å²) in [5.41, 5.74) is 3.86. The lowest BCUT2D eigenvalue weighted by atomic mass is 9.99. The molecule has 0 N–H and O–H groups in total. The van der Waals surface area contributed by atoms with E-state index in [1.54, 1.807) is 0 Å². The molecule has 0 fully saturated rings. The number of carbonyl (C=O) groups excluding carboxylic acids is 1. The Balaban J connectivity index is 1.47. The standard InChI is InChI=1S/C23H21N3OS/c1-25-20-9-5-6-10-22(20)28-23(25)19(15-24)21(27)16-26-13-11-18(12-14-26)17-7-3-2-4-8-17/h2-11H,12-14,16H2,1H3/b23-19-. The van der Waals surface area contributed by atoms with Gasteiger partial charge < -0.3 is 4.90 Å². The number of anilines is 1. The Morgan fingerprint density at radius 3 is 2.57 bits per heavy atom. The fraction of sp³-hybridized carbons (Fsp3) is 0.217. The molecule has 4 nitrogen and oxygen atoms in total. The van der Waals surface area contributed by atoms with Crippen molar-refractivity contribution in [2.45, 2.75) is 11.3 Å². The van der Waals surface area contributed by atoms with Crippen LogP contribution in [0.4, 0.5) is 5.69 Å². The fourth-order valence-corrected chi connectivity index (χ4v) is 4.76. The van der Waals surface area contributed by atoms with Gasteiger partial charge in [0.25, 0.3) is 0 Å². The van der Waals surface area contributed by atoms with Crippen LogP contribution < -0.4 is 4.90 Å². The Hall–Kier alpha value is -2.81. The summed E-state index contributed by atoms with van der Waals surface area (Å²) in [6, 6.07) is 20.5. The second kappa shape index (κ2) is 8.05. The molecule has 28 heavy (non-hydrogen) atoms. The van der Waals surface area contributed by atoms with E-state index in [1.165, 1.54) is 22.9 Å². The summed E-state index contributed by atoms with van der Waals surface area (Å²) in [5, 5.41) is 10.4. The van der Waals surface area contributed by atoms with E-state index in [2.05, 4.69) is 29.2 Å². The Bertz CT molecular complexity index is 1000. The first-order chi connectivity index (χ1) is 13.7. The van der Waals surface area contributed by atoms with Crippen LogP contribution in [0.2, 0.25) is 0 Å². The molecule has 2 aromatic carbocycles. The molecule has 0 amide bonds. The first-order valence-corrected chi connectivity index (χ1v) is 10.1. The van der Waals surface area contributed by atoms with Gasteiger partial charge in [-0.25, -0.2) is 0 Å². The van der Waals surface area contributed by atoms with Gasteiger partial charge in [0.1, 0.15) is 16.7 Å². The number of fused-ring (bicyclic) bond motifs is 1. The molecule has 2 aliphatic heterocycles. The van der Waals surface area contributed by atoms with E-state index in [1.807, 2.05) is 54.4 Å². The normalized spacial score (nSPS) is 18.3. The van der Waals surface area contributed by atoms with Crippen LogP contribution in [0.3, 0.4) is 0 Å². The molecule has 5 heteroatoms. The first-order valence-electron chi connectivity index (χ1n) is 9.32. The molecule has 4 rings (SSSR count). The first kappa shape index (κ1) is 18.5. The molecule has 0 bridgehead atoms. The molecule has 2 aromatic rings. The largest absolute Gasteiger partial charge is 0.337 e. The summed E-state index contributed by atoms with van der Waals surface area (Å²) >= 11 is 1.50. The van der Waals surface area contributed by atoms with E-state index < -0.39 is 0 Å². The average Bonchev–Trinajstić information content (AvgIpc) is 3.06. The van der Waals surface area contributed by atoms with Crippen LogP contribution in [-0.4, -0.2) is 37.4 Å². The second-order valence-electron chi connectivity index (χ2n) is 6.92. The highest BCUT2D eigenvalue weighted by molar-refractivity contribution is 8.03. The van der Waals surface area contributed by atoms with E-state index in [4.69, 9.17) is 0 Å². The molecular formula is C23H21N3OS. The number of thioether (sulfide) groups is 1. The number of hydrogen-bond donors (Lipinski definition) is 0. The van der Waals surface area contributed by atoms with Crippen molar-refractivity contribution < 1.29 is 4.79 Å². The minimum Gasteiger partial charge on any atom is -0.337 e. The maximum atomic E-state index is 12.9. The predicted molar refractivity (Wildman–Crippen MR) is 114 cm³/mol. The summed E-state index contributed by atoms with van der Waals surface area (Å²) in [7, 11) is 1.91. The molecule has 0 atom stereocenters. The van der Waals surface area contributed by atoms with Crippen molar-refractivity contribution in [3.8, 4) is 6.07 Å². The molecule has 0 radical (unpaired) electrons. The zero-order chi connectivity index (χ0) is 19.5. The van der Waals surface area contributed by atoms with Crippen LogP contribution in [-0.2, 0) is 4.79 Å².